The summed E-state index contributed by atoms with van der Waals surface area (Å²) in [5.74, 6) is 0.125. The number of hydrogen-bond acceptors (Lipinski definition) is 4. The molecule has 0 aliphatic carbocycles. The second-order valence-corrected chi connectivity index (χ2v) is 8.94. The first-order valence-electron chi connectivity index (χ1n) is 9.46. The molecule has 0 radical (unpaired) electrons. The summed E-state index contributed by atoms with van der Waals surface area (Å²) in [6.07, 6.45) is 0.391. The van der Waals surface area contributed by atoms with Crippen LogP contribution in [0.4, 0.5) is 5.69 Å². The maximum Gasteiger partial charge on any atom is 0.270 e. The molecule has 0 unspecified atom stereocenters. The van der Waals surface area contributed by atoms with Gasteiger partial charge >= 0.3 is 0 Å². The van der Waals surface area contributed by atoms with E-state index in [0.717, 1.165) is 9.87 Å². The number of amides is 1. The molecule has 0 aliphatic rings. The monoisotopic (exact) mass is 443 g/mol. The van der Waals surface area contributed by atoms with Crippen molar-refractivity contribution in [3.8, 4) is 5.75 Å². The van der Waals surface area contributed by atoms with Crippen molar-refractivity contribution in [1.29, 1.82) is 0 Å². The number of para-hydroxylation sites is 1. The van der Waals surface area contributed by atoms with E-state index in [1.165, 1.54) is 12.1 Å². The molecule has 0 heterocycles. The summed E-state index contributed by atoms with van der Waals surface area (Å²) in [6, 6.07) is 21.7. The van der Waals surface area contributed by atoms with Crippen molar-refractivity contribution >= 4 is 33.2 Å². The highest BCUT2D eigenvalue weighted by Gasteiger charge is 2.30. The van der Waals surface area contributed by atoms with Gasteiger partial charge in [0.2, 0.25) is 5.91 Å². The van der Waals surface area contributed by atoms with Gasteiger partial charge in [-0.2, -0.15) is 0 Å². The minimum Gasteiger partial charge on any atom is -0.494 e. The van der Waals surface area contributed by atoms with Gasteiger partial charge in [-0.3, -0.25) is 4.79 Å². The van der Waals surface area contributed by atoms with Gasteiger partial charge in [0.1, 0.15) is 5.75 Å². The molecule has 0 spiro atoms. The van der Waals surface area contributed by atoms with Crippen LogP contribution in [-0.2, 0) is 14.8 Å². The van der Waals surface area contributed by atoms with Gasteiger partial charge in [0.05, 0.1) is 17.2 Å². The van der Waals surface area contributed by atoms with Crippen LogP contribution in [0.5, 0.6) is 5.75 Å². The maximum atomic E-state index is 13.2. The molecule has 0 saturated carbocycles. The number of carbonyl (C=O) groups is 1. The van der Waals surface area contributed by atoms with Crippen LogP contribution in [0.2, 0.25) is 5.02 Å². The highest BCUT2D eigenvalue weighted by Crippen LogP contribution is 2.25. The summed E-state index contributed by atoms with van der Waals surface area (Å²) >= 11 is 5.85. The van der Waals surface area contributed by atoms with Gasteiger partial charge in [0.25, 0.3) is 10.0 Å². The molecule has 3 rings (SSSR count). The SMILES string of the molecule is Cc1ccc(S(=O)(=O)N(C(=O)CCCOc2ccc(Cl)cc2)c2ccccc2)cc1. The number of anilines is 1. The summed E-state index contributed by atoms with van der Waals surface area (Å²) in [5, 5.41) is 0.609. The molecule has 0 aromatic heterocycles. The Morgan fingerprint density at radius 3 is 2.20 bits per heavy atom. The van der Waals surface area contributed by atoms with E-state index in [0.29, 0.717) is 22.9 Å². The molecule has 0 atom stereocenters. The number of benzene rings is 3. The zero-order valence-electron chi connectivity index (χ0n) is 16.5. The third-order valence-electron chi connectivity index (χ3n) is 4.39. The number of hydrogen-bond donors (Lipinski definition) is 0. The Morgan fingerprint density at radius 2 is 1.57 bits per heavy atom. The Labute approximate surface area is 181 Å². The number of sulfonamides is 1. The van der Waals surface area contributed by atoms with Crippen molar-refractivity contribution in [2.75, 3.05) is 10.9 Å². The molecule has 0 aliphatic heterocycles. The molecule has 0 fully saturated rings. The Hall–Kier alpha value is -2.83. The minimum absolute atomic E-state index is 0.0214. The van der Waals surface area contributed by atoms with Crippen LogP contribution in [0.15, 0.2) is 83.8 Å². The largest absolute Gasteiger partial charge is 0.494 e. The predicted octanol–water partition coefficient (Wildman–Crippen LogP) is 5.23. The van der Waals surface area contributed by atoms with Gasteiger partial charge in [-0.05, 0) is 61.9 Å². The third kappa shape index (κ3) is 5.40. The topological polar surface area (TPSA) is 63.7 Å². The van der Waals surface area contributed by atoms with Crippen LogP contribution in [0.3, 0.4) is 0 Å². The molecule has 0 N–H and O–H groups in total. The lowest BCUT2D eigenvalue weighted by atomic mass is 10.2. The molecule has 7 heteroatoms. The highest BCUT2D eigenvalue weighted by molar-refractivity contribution is 7.93. The lowest BCUT2D eigenvalue weighted by Crippen LogP contribution is -2.37. The summed E-state index contributed by atoms with van der Waals surface area (Å²) < 4.78 is 32.9. The van der Waals surface area contributed by atoms with Gasteiger partial charge in [-0.25, -0.2) is 12.7 Å². The number of rotatable bonds is 8. The molecular formula is C23H22ClNO4S. The van der Waals surface area contributed by atoms with E-state index in [9.17, 15) is 13.2 Å². The molecule has 0 bridgehead atoms. The molecule has 1 amide bonds. The van der Waals surface area contributed by atoms with Crippen molar-refractivity contribution in [3.63, 3.8) is 0 Å². The molecule has 3 aromatic carbocycles. The average Bonchev–Trinajstić information content (AvgIpc) is 2.73. The molecule has 156 valence electrons. The standard InChI is InChI=1S/C23H22ClNO4S/c1-18-9-15-22(16-10-18)30(27,28)25(20-6-3-2-4-7-20)23(26)8-5-17-29-21-13-11-19(24)12-14-21/h2-4,6-7,9-16H,5,8,17H2,1H3. The van der Waals surface area contributed by atoms with Crippen molar-refractivity contribution in [1.82, 2.24) is 0 Å². The quantitative estimate of drug-likeness (QED) is 0.447. The van der Waals surface area contributed by atoms with Crippen molar-refractivity contribution in [2.45, 2.75) is 24.7 Å². The minimum atomic E-state index is -4.04. The van der Waals surface area contributed by atoms with E-state index in [1.807, 2.05) is 6.92 Å². The van der Waals surface area contributed by atoms with E-state index < -0.39 is 15.9 Å². The summed E-state index contributed by atoms with van der Waals surface area (Å²) in [7, 11) is -4.04. The number of ether oxygens (including phenoxy) is 1. The number of carbonyl (C=O) groups excluding carboxylic acids is 1. The normalized spacial score (nSPS) is 11.1. The Morgan fingerprint density at radius 1 is 0.933 bits per heavy atom. The molecule has 0 saturated heterocycles. The Bertz CT molecular complexity index is 1080. The van der Waals surface area contributed by atoms with Gasteiger partial charge in [0.15, 0.2) is 0 Å². The fourth-order valence-corrected chi connectivity index (χ4v) is 4.42. The first-order chi connectivity index (χ1) is 14.4. The van der Waals surface area contributed by atoms with Crippen molar-refractivity contribution in [3.05, 3.63) is 89.4 Å². The maximum absolute atomic E-state index is 13.2. The number of nitrogens with zero attached hydrogens (tertiary/aromatic N) is 1. The highest BCUT2D eigenvalue weighted by atomic mass is 35.5. The molecule has 30 heavy (non-hydrogen) atoms. The second kappa shape index (κ2) is 9.78. The molecular weight excluding hydrogens is 422 g/mol. The van der Waals surface area contributed by atoms with Crippen molar-refractivity contribution < 1.29 is 17.9 Å². The number of halogens is 1. The van der Waals surface area contributed by atoms with Gasteiger partial charge in [0, 0.05) is 11.4 Å². The van der Waals surface area contributed by atoms with Crippen LogP contribution in [0, 0.1) is 6.92 Å². The van der Waals surface area contributed by atoms with E-state index in [-0.39, 0.29) is 17.9 Å². The zero-order chi connectivity index (χ0) is 21.6. The van der Waals surface area contributed by atoms with Crippen molar-refractivity contribution in [2.24, 2.45) is 0 Å². The summed E-state index contributed by atoms with van der Waals surface area (Å²) in [4.78, 5) is 13.0. The van der Waals surface area contributed by atoms with E-state index in [2.05, 4.69) is 0 Å². The summed E-state index contributed by atoms with van der Waals surface area (Å²) in [5.41, 5.74) is 1.24. The first kappa shape index (κ1) is 21.9. The van der Waals surface area contributed by atoms with Crippen LogP contribution in [0.1, 0.15) is 18.4 Å². The second-order valence-electron chi connectivity index (χ2n) is 6.72. The van der Waals surface area contributed by atoms with Gasteiger partial charge < -0.3 is 4.74 Å². The fraction of sp³-hybridized carbons (Fsp3) is 0.174. The predicted molar refractivity (Wildman–Crippen MR) is 118 cm³/mol. The Kier molecular flexibility index (Phi) is 7.13. The Balaban J connectivity index is 1.74. The first-order valence-corrected chi connectivity index (χ1v) is 11.3. The van der Waals surface area contributed by atoms with E-state index in [1.54, 1.807) is 66.7 Å². The van der Waals surface area contributed by atoms with E-state index >= 15 is 0 Å². The summed E-state index contributed by atoms with van der Waals surface area (Å²) in [6.45, 7) is 2.15. The van der Waals surface area contributed by atoms with Crippen LogP contribution in [-0.4, -0.2) is 20.9 Å². The lowest BCUT2D eigenvalue weighted by molar-refractivity contribution is -0.117. The average molecular weight is 444 g/mol. The van der Waals surface area contributed by atoms with Gasteiger partial charge in [-0.1, -0.05) is 47.5 Å². The number of aryl methyl sites for hydroxylation is 1. The third-order valence-corrected chi connectivity index (χ3v) is 6.41. The van der Waals surface area contributed by atoms with Crippen LogP contribution >= 0.6 is 11.6 Å². The molecule has 3 aromatic rings. The zero-order valence-corrected chi connectivity index (χ0v) is 18.1. The van der Waals surface area contributed by atoms with E-state index in [4.69, 9.17) is 16.3 Å². The van der Waals surface area contributed by atoms with Gasteiger partial charge in [-0.15, -0.1) is 0 Å². The lowest BCUT2D eigenvalue weighted by Gasteiger charge is -2.23. The fourth-order valence-electron chi connectivity index (χ4n) is 2.84. The smallest absolute Gasteiger partial charge is 0.270 e. The van der Waals surface area contributed by atoms with Crippen LogP contribution < -0.4 is 9.04 Å². The van der Waals surface area contributed by atoms with Crippen LogP contribution in [0.25, 0.3) is 0 Å². The molecule has 5 nitrogen and oxygen atoms in total.